The lowest BCUT2D eigenvalue weighted by Gasteiger charge is -2.32. The summed E-state index contributed by atoms with van der Waals surface area (Å²) in [6.45, 7) is 13.9. The number of hydrogen-bond acceptors (Lipinski definition) is 5. The molecule has 1 atom stereocenters. The van der Waals surface area contributed by atoms with Crippen molar-refractivity contribution in [2.24, 2.45) is 0 Å². The molecule has 3 rings (SSSR count). The molecule has 0 saturated carbocycles. The van der Waals surface area contributed by atoms with Crippen molar-refractivity contribution in [3.8, 4) is 0 Å². The summed E-state index contributed by atoms with van der Waals surface area (Å²) in [7, 11) is 0.962. The van der Waals surface area contributed by atoms with E-state index < -0.39 is 41.7 Å². The van der Waals surface area contributed by atoms with Gasteiger partial charge in [-0.3, -0.25) is 4.79 Å². The maximum absolute atomic E-state index is 14.9. The van der Waals surface area contributed by atoms with Crippen molar-refractivity contribution in [1.29, 1.82) is 0 Å². The second kappa shape index (κ2) is 8.34. The molecule has 2 heterocycles. The number of likely N-dealkylation sites (tertiary alicyclic amines) is 1. The Balaban J connectivity index is 1.67. The summed E-state index contributed by atoms with van der Waals surface area (Å²) >= 11 is 0. The summed E-state index contributed by atoms with van der Waals surface area (Å²) in [5, 5.41) is 0. The van der Waals surface area contributed by atoms with Gasteiger partial charge in [0.05, 0.1) is 22.8 Å². The largest absolute Gasteiger partial charge is 0.494 e. The van der Waals surface area contributed by atoms with Gasteiger partial charge in [-0.2, -0.15) is 0 Å². The molecule has 9 heteroatoms. The monoisotopic (exact) mass is 448 g/mol. The maximum Gasteiger partial charge on any atom is 0.494 e. The molecular weight excluding hydrogens is 414 g/mol. The number of likely N-dealkylation sites (N-methyl/N-ethyl adjacent to an activating group) is 1. The van der Waals surface area contributed by atoms with E-state index in [4.69, 9.17) is 14.0 Å². The first kappa shape index (κ1) is 24.5. The molecule has 0 radical (unpaired) electrons. The maximum atomic E-state index is 14.9. The van der Waals surface area contributed by atoms with Crippen molar-refractivity contribution in [2.75, 3.05) is 20.1 Å². The Morgan fingerprint density at radius 1 is 1.19 bits per heavy atom. The van der Waals surface area contributed by atoms with Crippen LogP contribution < -0.4 is 5.46 Å². The van der Waals surface area contributed by atoms with Gasteiger partial charge in [0.1, 0.15) is 11.4 Å². The van der Waals surface area contributed by atoms with Crippen LogP contribution in [0.25, 0.3) is 0 Å². The molecule has 0 N–H and O–H groups in total. The molecule has 2 saturated heterocycles. The molecule has 0 aliphatic carbocycles. The lowest BCUT2D eigenvalue weighted by molar-refractivity contribution is 0.00578. The molecule has 1 aromatic carbocycles. The SMILES string of the molecule is CN(C(=O)OC(C)(C)C)[C@@H]1CCN(C(=O)c2ccc(B3OC(C)(C)C(C)(C)O3)cc2F)C1. The number of amides is 2. The van der Waals surface area contributed by atoms with Gasteiger partial charge in [0.15, 0.2) is 0 Å². The number of ether oxygens (including phenoxy) is 1. The number of hydrogen-bond donors (Lipinski definition) is 0. The minimum Gasteiger partial charge on any atom is -0.444 e. The molecule has 0 unspecified atom stereocenters. The first-order chi connectivity index (χ1) is 14.6. The van der Waals surface area contributed by atoms with Crippen LogP contribution >= 0.6 is 0 Å². The van der Waals surface area contributed by atoms with E-state index in [0.29, 0.717) is 25.0 Å². The van der Waals surface area contributed by atoms with Crippen LogP contribution in [-0.2, 0) is 14.0 Å². The van der Waals surface area contributed by atoms with Gasteiger partial charge in [-0.05, 0) is 72.5 Å². The number of rotatable bonds is 3. The number of benzene rings is 1. The second-order valence-electron chi connectivity index (χ2n) is 10.6. The summed E-state index contributed by atoms with van der Waals surface area (Å²) in [4.78, 5) is 28.4. The molecule has 2 amide bonds. The molecule has 0 aromatic heterocycles. The Bertz CT molecular complexity index is 883. The molecule has 32 heavy (non-hydrogen) atoms. The Morgan fingerprint density at radius 3 is 2.31 bits per heavy atom. The van der Waals surface area contributed by atoms with Crippen molar-refractivity contribution in [3.63, 3.8) is 0 Å². The minimum atomic E-state index is -0.697. The zero-order valence-electron chi connectivity index (χ0n) is 20.3. The van der Waals surface area contributed by atoms with E-state index >= 15 is 0 Å². The van der Waals surface area contributed by atoms with Gasteiger partial charge >= 0.3 is 13.2 Å². The molecule has 2 aliphatic heterocycles. The number of halogens is 1. The fourth-order valence-corrected chi connectivity index (χ4v) is 3.73. The van der Waals surface area contributed by atoms with Gasteiger partial charge in [0.25, 0.3) is 5.91 Å². The third kappa shape index (κ3) is 4.93. The second-order valence-corrected chi connectivity index (χ2v) is 10.6. The van der Waals surface area contributed by atoms with Crippen molar-refractivity contribution in [2.45, 2.75) is 77.7 Å². The van der Waals surface area contributed by atoms with Gasteiger partial charge < -0.3 is 23.8 Å². The standard InChI is InChI=1S/C23H34BFN2O5/c1-21(2,3)30-20(29)26(8)16-11-12-27(14-16)19(28)17-10-9-15(13-18(17)25)24-31-22(4,5)23(6,7)32-24/h9-10,13,16H,11-12,14H2,1-8H3/t16-/m1/s1. The highest BCUT2D eigenvalue weighted by Gasteiger charge is 2.51. The van der Waals surface area contributed by atoms with Gasteiger partial charge in [0.2, 0.25) is 0 Å². The Kier molecular flexibility index (Phi) is 6.39. The van der Waals surface area contributed by atoms with Gasteiger partial charge in [-0.1, -0.05) is 6.07 Å². The van der Waals surface area contributed by atoms with Crippen molar-refractivity contribution in [3.05, 3.63) is 29.6 Å². The molecule has 0 bridgehead atoms. The van der Waals surface area contributed by atoms with Gasteiger partial charge in [0, 0.05) is 20.1 Å². The van der Waals surface area contributed by atoms with E-state index in [9.17, 15) is 14.0 Å². The number of carbonyl (C=O) groups excluding carboxylic acids is 2. The van der Waals surface area contributed by atoms with E-state index in [2.05, 4.69) is 0 Å². The normalized spacial score (nSPS) is 22.2. The summed E-state index contributed by atoms with van der Waals surface area (Å²) in [6.07, 6.45) is 0.171. The van der Waals surface area contributed by atoms with E-state index in [1.165, 1.54) is 17.0 Å². The molecule has 2 aliphatic rings. The molecule has 1 aromatic rings. The van der Waals surface area contributed by atoms with Gasteiger partial charge in [-0.15, -0.1) is 0 Å². The predicted octanol–water partition coefficient (Wildman–Crippen LogP) is 3.21. The highest BCUT2D eigenvalue weighted by Crippen LogP contribution is 2.36. The average Bonchev–Trinajstić information content (AvgIpc) is 3.22. The minimum absolute atomic E-state index is 0.00848. The van der Waals surface area contributed by atoms with Crippen LogP contribution in [0.4, 0.5) is 9.18 Å². The van der Waals surface area contributed by atoms with Crippen molar-refractivity contribution < 1.29 is 28.0 Å². The zero-order valence-corrected chi connectivity index (χ0v) is 20.3. The van der Waals surface area contributed by atoms with Crippen LogP contribution in [-0.4, -0.2) is 71.9 Å². The third-order valence-corrected chi connectivity index (χ3v) is 6.43. The first-order valence-electron chi connectivity index (χ1n) is 11.0. The lowest BCUT2D eigenvalue weighted by atomic mass is 9.78. The van der Waals surface area contributed by atoms with E-state index in [0.717, 1.165) is 0 Å². The number of carbonyl (C=O) groups is 2. The summed E-state index contributed by atoms with van der Waals surface area (Å²) in [5.74, 6) is -1.02. The summed E-state index contributed by atoms with van der Waals surface area (Å²) in [5.41, 5.74) is -1.14. The van der Waals surface area contributed by atoms with E-state index in [1.807, 2.05) is 27.7 Å². The third-order valence-electron chi connectivity index (χ3n) is 6.43. The first-order valence-corrected chi connectivity index (χ1v) is 11.0. The Morgan fingerprint density at radius 2 is 1.78 bits per heavy atom. The topological polar surface area (TPSA) is 68.3 Å². The van der Waals surface area contributed by atoms with E-state index in [-0.39, 0.29) is 11.6 Å². The quantitative estimate of drug-likeness (QED) is 0.665. The van der Waals surface area contributed by atoms with Crippen LogP contribution in [0.15, 0.2) is 18.2 Å². The van der Waals surface area contributed by atoms with Crippen LogP contribution in [0.1, 0.15) is 65.2 Å². The Hall–Kier alpha value is -2.13. The zero-order chi connectivity index (χ0) is 24.1. The lowest BCUT2D eigenvalue weighted by Crippen LogP contribution is -2.42. The predicted molar refractivity (Wildman–Crippen MR) is 120 cm³/mol. The van der Waals surface area contributed by atoms with Crippen molar-refractivity contribution in [1.82, 2.24) is 9.80 Å². The molecule has 0 spiro atoms. The van der Waals surface area contributed by atoms with Crippen LogP contribution in [0, 0.1) is 5.82 Å². The van der Waals surface area contributed by atoms with Crippen LogP contribution in [0.2, 0.25) is 0 Å². The highest BCUT2D eigenvalue weighted by molar-refractivity contribution is 6.62. The van der Waals surface area contributed by atoms with Crippen molar-refractivity contribution >= 4 is 24.6 Å². The van der Waals surface area contributed by atoms with E-state index in [1.54, 1.807) is 38.8 Å². The Labute approximate surface area is 190 Å². The van der Waals surface area contributed by atoms with Crippen LogP contribution in [0.5, 0.6) is 0 Å². The fraction of sp³-hybridized carbons (Fsp3) is 0.652. The smallest absolute Gasteiger partial charge is 0.444 e. The molecular formula is C23H34BFN2O5. The highest BCUT2D eigenvalue weighted by atomic mass is 19.1. The fourth-order valence-electron chi connectivity index (χ4n) is 3.73. The molecule has 176 valence electrons. The van der Waals surface area contributed by atoms with Crippen LogP contribution in [0.3, 0.4) is 0 Å². The average molecular weight is 448 g/mol. The van der Waals surface area contributed by atoms with Gasteiger partial charge in [-0.25, -0.2) is 9.18 Å². The molecule has 2 fully saturated rings. The molecule has 7 nitrogen and oxygen atoms in total. The number of nitrogens with zero attached hydrogens (tertiary/aromatic N) is 2. The summed E-state index contributed by atoms with van der Waals surface area (Å²) < 4.78 is 32.3. The summed E-state index contributed by atoms with van der Waals surface area (Å²) in [6, 6.07) is 4.26.